The highest BCUT2D eigenvalue weighted by molar-refractivity contribution is 9.10. The average molecular weight is 227 g/mol. The molecule has 1 rings (SSSR count). The predicted octanol–water partition coefficient (Wildman–Crippen LogP) is 3.49. The molecule has 0 unspecified atom stereocenters. The summed E-state index contributed by atoms with van der Waals surface area (Å²) in [6, 6.07) is 5.87. The molecule has 2 heteroatoms. The molecule has 0 fully saturated rings. The number of hydrogen-bond acceptors (Lipinski definition) is 1. The predicted molar refractivity (Wildman–Crippen MR) is 55.4 cm³/mol. The van der Waals surface area contributed by atoms with Gasteiger partial charge in [0, 0.05) is 0 Å². The van der Waals surface area contributed by atoms with Gasteiger partial charge in [-0.3, -0.25) is 0 Å². The lowest BCUT2D eigenvalue weighted by Crippen LogP contribution is -1.87. The highest BCUT2D eigenvalue weighted by Crippen LogP contribution is 2.31. The molecule has 0 radical (unpaired) electrons. The van der Waals surface area contributed by atoms with E-state index in [2.05, 4.69) is 22.5 Å². The molecule has 1 aromatic carbocycles. The molecule has 0 spiro atoms. The number of ether oxygens (including phenoxy) is 1. The van der Waals surface area contributed by atoms with Crippen LogP contribution in [0.5, 0.6) is 5.75 Å². The Bertz CT molecular complexity index is 305. The molecule has 1 aromatic rings. The minimum Gasteiger partial charge on any atom is -0.496 e. The second kappa shape index (κ2) is 3.76. The Morgan fingerprint density at radius 3 is 2.67 bits per heavy atom. The quantitative estimate of drug-likeness (QED) is 0.751. The minimum absolute atomic E-state index is 0.843. The van der Waals surface area contributed by atoms with E-state index < -0.39 is 0 Å². The third-order valence-electron chi connectivity index (χ3n) is 1.64. The zero-order valence-corrected chi connectivity index (χ0v) is 8.81. The Morgan fingerprint density at radius 2 is 2.17 bits per heavy atom. The first kappa shape index (κ1) is 9.33. The fraction of sp³-hybridized carbons (Fsp3) is 0.200. The van der Waals surface area contributed by atoms with E-state index in [9.17, 15) is 0 Å². The van der Waals surface area contributed by atoms with Gasteiger partial charge in [0.15, 0.2) is 0 Å². The maximum atomic E-state index is 5.15. The van der Waals surface area contributed by atoms with E-state index in [1.165, 1.54) is 0 Å². The lowest BCUT2D eigenvalue weighted by Gasteiger charge is -2.07. The first-order chi connectivity index (χ1) is 5.66. The molecular formula is C10H11BrO. The largest absolute Gasteiger partial charge is 0.496 e. The summed E-state index contributed by atoms with van der Waals surface area (Å²) >= 11 is 3.46. The fourth-order valence-corrected chi connectivity index (χ4v) is 1.76. The van der Waals surface area contributed by atoms with Gasteiger partial charge in [0.25, 0.3) is 0 Å². The molecule has 1 nitrogen and oxygen atoms in total. The van der Waals surface area contributed by atoms with Crippen LogP contribution in [0, 0.1) is 0 Å². The van der Waals surface area contributed by atoms with Crippen molar-refractivity contribution in [3.63, 3.8) is 0 Å². The second-order valence-electron chi connectivity index (χ2n) is 2.60. The van der Waals surface area contributed by atoms with Gasteiger partial charge in [-0.15, -0.1) is 0 Å². The van der Waals surface area contributed by atoms with E-state index in [4.69, 9.17) is 4.74 Å². The summed E-state index contributed by atoms with van der Waals surface area (Å²) in [5.74, 6) is 0.843. The van der Waals surface area contributed by atoms with Crippen LogP contribution in [0.4, 0.5) is 0 Å². The Labute approximate surface area is 81.2 Å². The van der Waals surface area contributed by atoms with Crippen molar-refractivity contribution >= 4 is 21.5 Å². The van der Waals surface area contributed by atoms with Crippen LogP contribution in [0.2, 0.25) is 0 Å². The van der Waals surface area contributed by atoms with Crippen molar-refractivity contribution in [3.05, 3.63) is 34.8 Å². The van der Waals surface area contributed by atoms with Crippen molar-refractivity contribution < 1.29 is 4.74 Å². The van der Waals surface area contributed by atoms with Gasteiger partial charge in [0.1, 0.15) is 5.75 Å². The molecule has 0 saturated carbocycles. The highest BCUT2D eigenvalue weighted by atomic mass is 79.9. The average Bonchev–Trinajstić information content (AvgIpc) is 2.04. The van der Waals surface area contributed by atoms with Gasteiger partial charge >= 0.3 is 0 Å². The van der Waals surface area contributed by atoms with Crippen LogP contribution in [0.1, 0.15) is 12.5 Å². The van der Waals surface area contributed by atoms with Crippen molar-refractivity contribution in [1.29, 1.82) is 0 Å². The number of methoxy groups -OCH3 is 1. The molecule has 0 saturated heterocycles. The molecule has 0 atom stereocenters. The van der Waals surface area contributed by atoms with Crippen LogP contribution in [-0.2, 0) is 0 Å². The molecule has 0 aliphatic carbocycles. The number of benzene rings is 1. The van der Waals surface area contributed by atoms with Crippen LogP contribution in [0.3, 0.4) is 0 Å². The summed E-state index contributed by atoms with van der Waals surface area (Å²) in [6.07, 6.45) is 0. The Morgan fingerprint density at radius 1 is 1.50 bits per heavy atom. The second-order valence-corrected chi connectivity index (χ2v) is 3.40. The van der Waals surface area contributed by atoms with Crippen molar-refractivity contribution in [2.24, 2.45) is 0 Å². The molecular weight excluding hydrogens is 216 g/mol. The molecule has 0 aliphatic heterocycles. The Hall–Kier alpha value is -0.760. The summed E-state index contributed by atoms with van der Waals surface area (Å²) in [5, 5.41) is 0. The van der Waals surface area contributed by atoms with Gasteiger partial charge in [0.05, 0.1) is 11.6 Å². The molecule has 0 heterocycles. The van der Waals surface area contributed by atoms with Crippen LogP contribution in [-0.4, -0.2) is 7.11 Å². The van der Waals surface area contributed by atoms with E-state index in [1.807, 2.05) is 25.1 Å². The lowest BCUT2D eigenvalue weighted by molar-refractivity contribution is 0.412. The van der Waals surface area contributed by atoms with Gasteiger partial charge in [-0.25, -0.2) is 0 Å². The fourth-order valence-electron chi connectivity index (χ4n) is 0.998. The van der Waals surface area contributed by atoms with Crippen molar-refractivity contribution in [2.75, 3.05) is 7.11 Å². The Kier molecular flexibility index (Phi) is 2.93. The molecule has 0 aromatic heterocycles. The first-order valence-corrected chi connectivity index (χ1v) is 4.44. The van der Waals surface area contributed by atoms with Crippen molar-refractivity contribution in [3.8, 4) is 5.75 Å². The zero-order valence-electron chi connectivity index (χ0n) is 7.23. The number of rotatable bonds is 2. The summed E-state index contributed by atoms with van der Waals surface area (Å²) in [5.41, 5.74) is 2.12. The van der Waals surface area contributed by atoms with Gasteiger partial charge in [-0.2, -0.15) is 0 Å². The third-order valence-corrected chi connectivity index (χ3v) is 2.46. The number of allylic oxidation sites excluding steroid dienone is 1. The summed E-state index contributed by atoms with van der Waals surface area (Å²) < 4.78 is 6.12. The van der Waals surface area contributed by atoms with Gasteiger partial charge < -0.3 is 4.74 Å². The smallest absolute Gasteiger partial charge is 0.133 e. The summed E-state index contributed by atoms with van der Waals surface area (Å²) in [7, 11) is 1.66. The van der Waals surface area contributed by atoms with Crippen LogP contribution in [0.15, 0.2) is 29.3 Å². The standard InChI is InChI=1S/C10H11BrO/c1-7(2)8-5-4-6-9(12-3)10(8)11/h4-6H,1H2,2-3H3. The molecule has 0 N–H and O–H groups in total. The Balaban J connectivity index is 3.23. The highest BCUT2D eigenvalue weighted by Gasteiger charge is 2.04. The van der Waals surface area contributed by atoms with E-state index in [0.717, 1.165) is 21.4 Å². The lowest BCUT2D eigenvalue weighted by atomic mass is 10.1. The van der Waals surface area contributed by atoms with Crippen LogP contribution < -0.4 is 4.74 Å². The van der Waals surface area contributed by atoms with E-state index in [1.54, 1.807) is 7.11 Å². The number of halogens is 1. The van der Waals surface area contributed by atoms with E-state index in [-0.39, 0.29) is 0 Å². The van der Waals surface area contributed by atoms with Gasteiger partial charge in [0.2, 0.25) is 0 Å². The minimum atomic E-state index is 0.843. The number of hydrogen-bond donors (Lipinski definition) is 0. The third kappa shape index (κ3) is 1.69. The van der Waals surface area contributed by atoms with Crippen LogP contribution >= 0.6 is 15.9 Å². The van der Waals surface area contributed by atoms with E-state index >= 15 is 0 Å². The zero-order chi connectivity index (χ0) is 9.14. The molecule has 0 bridgehead atoms. The van der Waals surface area contributed by atoms with E-state index in [0.29, 0.717) is 0 Å². The first-order valence-electron chi connectivity index (χ1n) is 3.65. The SMILES string of the molecule is C=C(C)c1cccc(OC)c1Br. The molecule has 64 valence electrons. The van der Waals surface area contributed by atoms with Crippen molar-refractivity contribution in [2.45, 2.75) is 6.92 Å². The molecule has 0 amide bonds. The maximum Gasteiger partial charge on any atom is 0.133 e. The molecule has 0 aliphatic rings. The van der Waals surface area contributed by atoms with Gasteiger partial charge in [-0.05, 0) is 40.1 Å². The monoisotopic (exact) mass is 226 g/mol. The summed E-state index contributed by atoms with van der Waals surface area (Å²) in [4.78, 5) is 0. The molecule has 12 heavy (non-hydrogen) atoms. The maximum absolute atomic E-state index is 5.15. The summed E-state index contributed by atoms with van der Waals surface area (Å²) in [6.45, 7) is 5.85. The topological polar surface area (TPSA) is 9.23 Å². The van der Waals surface area contributed by atoms with Crippen molar-refractivity contribution in [1.82, 2.24) is 0 Å². The van der Waals surface area contributed by atoms with Gasteiger partial charge in [-0.1, -0.05) is 18.7 Å². The normalized spacial score (nSPS) is 9.58. The van der Waals surface area contributed by atoms with Crippen LogP contribution in [0.25, 0.3) is 5.57 Å².